The van der Waals surface area contributed by atoms with Crippen LogP contribution in [0.5, 0.6) is 0 Å². The number of nitrogens with zero attached hydrogens (tertiary/aromatic N) is 5. The molecule has 0 N–H and O–H groups in total. The maximum absolute atomic E-state index is 4.97. The number of aromatic nitrogens is 3. The summed E-state index contributed by atoms with van der Waals surface area (Å²) in [6.07, 6.45) is 5.45. The molecule has 3 heterocycles. The first kappa shape index (κ1) is 16.4. The van der Waals surface area contributed by atoms with Crippen LogP contribution in [0.3, 0.4) is 0 Å². The van der Waals surface area contributed by atoms with Crippen LogP contribution < -0.4 is 0 Å². The smallest absolute Gasteiger partial charge is 0.160 e. The first-order valence-electron chi connectivity index (χ1n) is 8.98. The molecular weight excluding hydrogens is 286 g/mol. The zero-order valence-electron chi connectivity index (χ0n) is 14.7. The molecule has 0 bridgehead atoms. The summed E-state index contributed by atoms with van der Waals surface area (Å²) in [6, 6.07) is 4.46. The standard InChI is InChI=1S/C18H29N5/c1-4-8-16(22-12-7-11-21(3)13-14-22)18-20-15-9-6-10-19-17(15)23(18)5-2/h6,9-10,16H,4-5,7-8,11-14H2,1-3H3. The van der Waals surface area contributed by atoms with Crippen LogP contribution in [0.15, 0.2) is 18.3 Å². The van der Waals surface area contributed by atoms with Crippen LogP contribution in [0.4, 0.5) is 0 Å². The molecule has 1 aliphatic heterocycles. The highest BCUT2D eigenvalue weighted by molar-refractivity contribution is 5.71. The minimum absolute atomic E-state index is 0.403. The number of hydrogen-bond donors (Lipinski definition) is 0. The van der Waals surface area contributed by atoms with Crippen molar-refractivity contribution in [3.8, 4) is 0 Å². The second-order valence-corrected chi connectivity index (χ2v) is 6.56. The van der Waals surface area contributed by atoms with Crippen molar-refractivity contribution in [2.45, 2.75) is 45.7 Å². The van der Waals surface area contributed by atoms with Crippen LogP contribution in [0, 0.1) is 0 Å². The molecule has 1 aliphatic rings. The van der Waals surface area contributed by atoms with Crippen LogP contribution in [-0.2, 0) is 6.54 Å². The van der Waals surface area contributed by atoms with Crippen molar-refractivity contribution >= 4 is 11.2 Å². The second kappa shape index (κ2) is 7.41. The van der Waals surface area contributed by atoms with E-state index in [4.69, 9.17) is 4.98 Å². The molecule has 3 rings (SSSR count). The van der Waals surface area contributed by atoms with Crippen LogP contribution in [0.2, 0.25) is 0 Å². The highest BCUT2D eigenvalue weighted by Crippen LogP contribution is 2.28. The molecule has 0 saturated carbocycles. The van der Waals surface area contributed by atoms with Gasteiger partial charge in [-0.25, -0.2) is 9.97 Å². The summed E-state index contributed by atoms with van der Waals surface area (Å²) in [4.78, 5) is 14.6. The maximum Gasteiger partial charge on any atom is 0.160 e. The van der Waals surface area contributed by atoms with Crippen molar-refractivity contribution in [3.05, 3.63) is 24.2 Å². The SMILES string of the molecule is CCCC(c1nc2cccnc2n1CC)N1CCCN(C)CC1. The van der Waals surface area contributed by atoms with E-state index in [0.29, 0.717) is 6.04 Å². The molecule has 1 fully saturated rings. The quantitative estimate of drug-likeness (QED) is 0.850. The van der Waals surface area contributed by atoms with Gasteiger partial charge >= 0.3 is 0 Å². The number of rotatable bonds is 5. The predicted octanol–water partition coefficient (Wildman–Crippen LogP) is 2.93. The number of pyridine rings is 1. The fourth-order valence-electron chi connectivity index (χ4n) is 3.67. The van der Waals surface area contributed by atoms with Gasteiger partial charge in [0.1, 0.15) is 11.3 Å². The number of likely N-dealkylation sites (N-methyl/N-ethyl adjacent to an activating group) is 1. The molecular formula is C18H29N5. The van der Waals surface area contributed by atoms with Gasteiger partial charge in [0, 0.05) is 32.4 Å². The molecule has 2 aromatic heterocycles. The van der Waals surface area contributed by atoms with E-state index in [9.17, 15) is 0 Å². The van der Waals surface area contributed by atoms with E-state index in [1.807, 2.05) is 12.3 Å². The molecule has 23 heavy (non-hydrogen) atoms. The number of aryl methyl sites for hydroxylation is 1. The van der Waals surface area contributed by atoms with Crippen molar-refractivity contribution < 1.29 is 0 Å². The monoisotopic (exact) mass is 315 g/mol. The minimum Gasteiger partial charge on any atom is -0.312 e. The van der Waals surface area contributed by atoms with E-state index < -0.39 is 0 Å². The van der Waals surface area contributed by atoms with E-state index in [0.717, 1.165) is 43.8 Å². The Labute approximate surface area is 139 Å². The molecule has 1 atom stereocenters. The molecule has 126 valence electrons. The molecule has 1 saturated heterocycles. The van der Waals surface area contributed by atoms with Gasteiger partial charge in [0.15, 0.2) is 5.65 Å². The lowest BCUT2D eigenvalue weighted by atomic mass is 10.1. The lowest BCUT2D eigenvalue weighted by molar-refractivity contribution is 0.182. The Bertz CT molecular complexity index is 635. The van der Waals surface area contributed by atoms with E-state index >= 15 is 0 Å². The summed E-state index contributed by atoms with van der Waals surface area (Å²) in [5.41, 5.74) is 2.05. The van der Waals surface area contributed by atoms with E-state index in [1.165, 1.54) is 25.2 Å². The Morgan fingerprint density at radius 2 is 2.04 bits per heavy atom. The van der Waals surface area contributed by atoms with Gasteiger partial charge in [0.2, 0.25) is 0 Å². The first-order valence-corrected chi connectivity index (χ1v) is 8.98. The molecule has 1 unspecified atom stereocenters. The Morgan fingerprint density at radius 1 is 1.17 bits per heavy atom. The Balaban J connectivity index is 1.97. The van der Waals surface area contributed by atoms with E-state index in [-0.39, 0.29) is 0 Å². The first-order chi connectivity index (χ1) is 11.2. The number of hydrogen-bond acceptors (Lipinski definition) is 4. The molecule has 5 heteroatoms. The molecule has 0 spiro atoms. The number of imidazole rings is 1. The minimum atomic E-state index is 0.403. The maximum atomic E-state index is 4.97. The van der Waals surface area contributed by atoms with Crippen molar-refractivity contribution in [1.82, 2.24) is 24.3 Å². The topological polar surface area (TPSA) is 37.2 Å². The molecule has 0 radical (unpaired) electrons. The molecule has 5 nitrogen and oxygen atoms in total. The van der Waals surface area contributed by atoms with Crippen LogP contribution in [0.1, 0.15) is 45.0 Å². The predicted molar refractivity (Wildman–Crippen MR) is 94.5 cm³/mol. The van der Waals surface area contributed by atoms with Gasteiger partial charge in [-0.15, -0.1) is 0 Å². The second-order valence-electron chi connectivity index (χ2n) is 6.56. The van der Waals surface area contributed by atoms with Gasteiger partial charge in [-0.1, -0.05) is 13.3 Å². The van der Waals surface area contributed by atoms with Crippen LogP contribution in [0.25, 0.3) is 11.2 Å². The highest BCUT2D eigenvalue weighted by atomic mass is 15.3. The Hall–Kier alpha value is -1.46. The summed E-state index contributed by atoms with van der Waals surface area (Å²) in [5, 5.41) is 0. The number of fused-ring (bicyclic) bond motifs is 1. The third kappa shape index (κ3) is 3.40. The van der Waals surface area contributed by atoms with Crippen molar-refractivity contribution in [3.63, 3.8) is 0 Å². The van der Waals surface area contributed by atoms with Crippen molar-refractivity contribution in [1.29, 1.82) is 0 Å². The van der Waals surface area contributed by atoms with E-state index in [2.05, 4.69) is 46.3 Å². The van der Waals surface area contributed by atoms with Crippen molar-refractivity contribution in [2.75, 3.05) is 33.2 Å². The third-order valence-corrected chi connectivity index (χ3v) is 4.90. The zero-order valence-corrected chi connectivity index (χ0v) is 14.7. The van der Waals surface area contributed by atoms with E-state index in [1.54, 1.807) is 0 Å². The Kier molecular flexibility index (Phi) is 5.28. The lowest BCUT2D eigenvalue weighted by Crippen LogP contribution is -2.34. The summed E-state index contributed by atoms with van der Waals surface area (Å²) < 4.78 is 2.31. The fraction of sp³-hybridized carbons (Fsp3) is 0.667. The zero-order chi connectivity index (χ0) is 16.2. The summed E-state index contributed by atoms with van der Waals surface area (Å²) in [6.45, 7) is 10.0. The fourth-order valence-corrected chi connectivity index (χ4v) is 3.67. The van der Waals surface area contributed by atoms with Gasteiger partial charge in [-0.2, -0.15) is 0 Å². The van der Waals surface area contributed by atoms with Gasteiger partial charge in [-0.3, -0.25) is 4.90 Å². The van der Waals surface area contributed by atoms with Gasteiger partial charge in [0.05, 0.1) is 6.04 Å². The average Bonchev–Trinajstić information content (AvgIpc) is 2.80. The average molecular weight is 315 g/mol. The Morgan fingerprint density at radius 3 is 2.83 bits per heavy atom. The molecule has 0 amide bonds. The molecule has 2 aromatic rings. The van der Waals surface area contributed by atoms with Crippen LogP contribution in [-0.4, -0.2) is 57.6 Å². The van der Waals surface area contributed by atoms with Crippen molar-refractivity contribution in [2.24, 2.45) is 0 Å². The summed E-state index contributed by atoms with van der Waals surface area (Å²) >= 11 is 0. The molecule has 0 aliphatic carbocycles. The van der Waals surface area contributed by atoms with Gasteiger partial charge in [-0.05, 0) is 45.5 Å². The summed E-state index contributed by atoms with van der Waals surface area (Å²) in [7, 11) is 2.23. The van der Waals surface area contributed by atoms with Crippen LogP contribution >= 0.6 is 0 Å². The highest BCUT2D eigenvalue weighted by Gasteiger charge is 2.26. The normalized spacial score (nSPS) is 19.1. The molecule has 0 aromatic carbocycles. The van der Waals surface area contributed by atoms with Gasteiger partial charge in [0.25, 0.3) is 0 Å². The lowest BCUT2D eigenvalue weighted by Gasteiger charge is -2.30. The third-order valence-electron chi connectivity index (χ3n) is 4.90. The summed E-state index contributed by atoms with van der Waals surface area (Å²) in [5.74, 6) is 1.20. The largest absolute Gasteiger partial charge is 0.312 e. The van der Waals surface area contributed by atoms with Gasteiger partial charge < -0.3 is 9.47 Å².